The number of carbonyl (C=O) groups is 1. The summed E-state index contributed by atoms with van der Waals surface area (Å²) in [6, 6.07) is 12.9. The van der Waals surface area contributed by atoms with Gasteiger partial charge in [0.2, 0.25) is 5.91 Å². The van der Waals surface area contributed by atoms with Gasteiger partial charge < -0.3 is 15.2 Å². The van der Waals surface area contributed by atoms with Crippen LogP contribution in [-0.4, -0.2) is 18.1 Å². The minimum absolute atomic E-state index is 0.0241. The molecule has 5 heteroatoms. The number of hydrogen-bond acceptors (Lipinski definition) is 3. The van der Waals surface area contributed by atoms with Crippen molar-refractivity contribution in [1.29, 1.82) is 0 Å². The summed E-state index contributed by atoms with van der Waals surface area (Å²) in [5, 5.41) is 13.0. The molecular weight excluding hydrogens is 314 g/mol. The number of hydrogen-bond donors (Lipinski definition) is 2. The Morgan fingerprint density at radius 2 is 2.13 bits per heavy atom. The van der Waals surface area contributed by atoms with Crippen LogP contribution in [-0.2, 0) is 11.4 Å². The zero-order valence-electron chi connectivity index (χ0n) is 12.8. The van der Waals surface area contributed by atoms with E-state index in [2.05, 4.69) is 5.32 Å². The van der Waals surface area contributed by atoms with Gasteiger partial charge in [-0.05, 0) is 42.2 Å². The van der Waals surface area contributed by atoms with E-state index < -0.39 is 0 Å². The first kappa shape index (κ1) is 15.8. The molecule has 0 aromatic heterocycles. The Hall–Kier alpha value is -2.04. The summed E-state index contributed by atoms with van der Waals surface area (Å²) in [5.74, 6) is 0.698. The van der Waals surface area contributed by atoms with Crippen LogP contribution in [0.1, 0.15) is 23.5 Å². The highest BCUT2D eigenvalue weighted by molar-refractivity contribution is 6.31. The van der Waals surface area contributed by atoms with Gasteiger partial charge in [-0.25, -0.2) is 0 Å². The molecule has 2 unspecified atom stereocenters. The van der Waals surface area contributed by atoms with Gasteiger partial charge in [-0.2, -0.15) is 0 Å². The Kier molecular flexibility index (Phi) is 4.55. The van der Waals surface area contributed by atoms with Crippen LogP contribution in [0.25, 0.3) is 0 Å². The van der Waals surface area contributed by atoms with Crippen molar-refractivity contribution in [2.75, 3.05) is 12.4 Å². The van der Waals surface area contributed by atoms with Crippen LogP contribution in [0.2, 0.25) is 5.02 Å². The fraction of sp³-hybridized carbons (Fsp3) is 0.278. The molecule has 1 aliphatic carbocycles. The van der Waals surface area contributed by atoms with Gasteiger partial charge in [0.1, 0.15) is 5.75 Å². The van der Waals surface area contributed by atoms with Crippen LogP contribution in [0.5, 0.6) is 5.75 Å². The zero-order chi connectivity index (χ0) is 16.4. The minimum atomic E-state index is -0.140. The van der Waals surface area contributed by atoms with E-state index >= 15 is 0 Å². The van der Waals surface area contributed by atoms with Crippen molar-refractivity contribution in [2.24, 2.45) is 5.92 Å². The van der Waals surface area contributed by atoms with Gasteiger partial charge in [-0.15, -0.1) is 0 Å². The van der Waals surface area contributed by atoms with E-state index in [4.69, 9.17) is 16.3 Å². The number of benzene rings is 2. The molecule has 2 N–H and O–H groups in total. The van der Waals surface area contributed by atoms with Crippen molar-refractivity contribution in [2.45, 2.75) is 18.9 Å². The lowest BCUT2D eigenvalue weighted by Gasteiger charge is -2.10. The maximum absolute atomic E-state index is 12.4. The fourth-order valence-electron chi connectivity index (χ4n) is 2.82. The molecule has 2 aromatic carbocycles. The normalized spacial score (nSPS) is 19.3. The molecule has 3 rings (SSSR count). The van der Waals surface area contributed by atoms with Gasteiger partial charge >= 0.3 is 0 Å². The summed E-state index contributed by atoms with van der Waals surface area (Å²) >= 11 is 6.19. The molecule has 0 saturated heterocycles. The predicted molar refractivity (Wildman–Crippen MR) is 89.8 cm³/mol. The molecule has 0 radical (unpaired) electrons. The van der Waals surface area contributed by atoms with Gasteiger partial charge in [0.05, 0.1) is 13.7 Å². The van der Waals surface area contributed by atoms with Gasteiger partial charge in [-0.1, -0.05) is 29.8 Å². The summed E-state index contributed by atoms with van der Waals surface area (Å²) < 4.78 is 5.16. The van der Waals surface area contributed by atoms with Crippen molar-refractivity contribution in [3.05, 3.63) is 58.6 Å². The monoisotopic (exact) mass is 331 g/mol. The van der Waals surface area contributed by atoms with E-state index in [0.29, 0.717) is 22.0 Å². The Morgan fingerprint density at radius 1 is 1.35 bits per heavy atom. The van der Waals surface area contributed by atoms with E-state index in [1.165, 1.54) is 0 Å². The number of amides is 1. The molecule has 0 aliphatic heterocycles. The van der Waals surface area contributed by atoms with Gasteiger partial charge in [0, 0.05) is 22.2 Å². The van der Waals surface area contributed by atoms with E-state index in [1.807, 2.05) is 24.3 Å². The first-order chi connectivity index (χ1) is 11.1. The molecular formula is C18H18ClNO3. The molecule has 23 heavy (non-hydrogen) atoms. The molecule has 2 aromatic rings. The summed E-state index contributed by atoms with van der Waals surface area (Å²) in [5.41, 5.74) is 2.33. The first-order valence-corrected chi connectivity index (χ1v) is 7.85. The summed E-state index contributed by atoms with van der Waals surface area (Å²) in [4.78, 5) is 12.4. The molecule has 4 nitrogen and oxygen atoms in total. The van der Waals surface area contributed by atoms with Crippen molar-refractivity contribution >= 4 is 23.2 Å². The highest BCUT2D eigenvalue weighted by Gasteiger charge is 2.44. The highest BCUT2D eigenvalue weighted by Crippen LogP contribution is 2.50. The maximum atomic E-state index is 12.4. The topological polar surface area (TPSA) is 58.6 Å². The van der Waals surface area contributed by atoms with Crippen LogP contribution < -0.4 is 10.1 Å². The number of rotatable bonds is 5. The third-order valence-corrected chi connectivity index (χ3v) is 4.49. The predicted octanol–water partition coefficient (Wildman–Crippen LogP) is 3.58. The lowest BCUT2D eigenvalue weighted by Crippen LogP contribution is -2.14. The zero-order valence-corrected chi connectivity index (χ0v) is 13.5. The van der Waals surface area contributed by atoms with Crippen molar-refractivity contribution < 1.29 is 14.6 Å². The minimum Gasteiger partial charge on any atom is -0.496 e. The van der Waals surface area contributed by atoms with E-state index in [-0.39, 0.29) is 24.3 Å². The molecule has 1 amide bonds. The number of anilines is 1. The second-order valence-electron chi connectivity index (χ2n) is 5.64. The van der Waals surface area contributed by atoms with Crippen LogP contribution in [0.4, 0.5) is 5.69 Å². The third kappa shape index (κ3) is 3.33. The number of ether oxygens (including phenoxy) is 1. The van der Waals surface area contributed by atoms with E-state index in [0.717, 1.165) is 12.0 Å². The van der Waals surface area contributed by atoms with Crippen LogP contribution >= 0.6 is 11.6 Å². The molecule has 120 valence electrons. The molecule has 1 saturated carbocycles. The third-order valence-electron chi connectivity index (χ3n) is 4.15. The lowest BCUT2D eigenvalue weighted by atomic mass is 10.1. The van der Waals surface area contributed by atoms with Crippen molar-refractivity contribution in [3.8, 4) is 5.75 Å². The molecule has 1 aliphatic rings. The molecule has 0 bridgehead atoms. The Morgan fingerprint density at radius 3 is 2.83 bits per heavy atom. The fourth-order valence-corrected chi connectivity index (χ4v) is 3.10. The van der Waals surface area contributed by atoms with Gasteiger partial charge in [-0.3, -0.25) is 4.79 Å². The molecule has 0 heterocycles. The standard InChI is InChI=1S/C18H18ClNO3/c1-23-17-7-6-12(8-11(17)10-21)20-18(22)15-9-14(15)13-4-2-3-5-16(13)19/h2-8,14-15,21H,9-10H2,1H3,(H,20,22). The van der Waals surface area contributed by atoms with E-state index in [1.54, 1.807) is 25.3 Å². The molecule has 0 spiro atoms. The lowest BCUT2D eigenvalue weighted by molar-refractivity contribution is -0.117. The number of aliphatic hydroxyl groups is 1. The highest BCUT2D eigenvalue weighted by atomic mass is 35.5. The summed E-state index contributed by atoms with van der Waals surface area (Å²) in [6.45, 7) is -0.140. The average molecular weight is 332 g/mol. The maximum Gasteiger partial charge on any atom is 0.228 e. The van der Waals surface area contributed by atoms with Crippen LogP contribution in [0, 0.1) is 5.92 Å². The number of halogens is 1. The smallest absolute Gasteiger partial charge is 0.228 e. The average Bonchev–Trinajstić information content (AvgIpc) is 3.35. The van der Waals surface area contributed by atoms with Gasteiger partial charge in [0.25, 0.3) is 0 Å². The van der Waals surface area contributed by atoms with E-state index in [9.17, 15) is 9.90 Å². The SMILES string of the molecule is COc1ccc(NC(=O)C2CC2c2ccccc2Cl)cc1CO. The second-order valence-corrected chi connectivity index (χ2v) is 6.05. The van der Waals surface area contributed by atoms with Crippen LogP contribution in [0.3, 0.4) is 0 Å². The Labute approximate surface area is 140 Å². The Bertz CT molecular complexity index is 732. The van der Waals surface area contributed by atoms with Crippen molar-refractivity contribution in [1.82, 2.24) is 0 Å². The van der Waals surface area contributed by atoms with Crippen molar-refractivity contribution in [3.63, 3.8) is 0 Å². The quantitative estimate of drug-likeness (QED) is 0.880. The number of aliphatic hydroxyl groups excluding tert-OH is 1. The largest absolute Gasteiger partial charge is 0.496 e. The summed E-state index contributed by atoms with van der Waals surface area (Å²) in [6.07, 6.45) is 0.804. The number of methoxy groups -OCH3 is 1. The molecule has 1 fully saturated rings. The summed E-state index contributed by atoms with van der Waals surface area (Å²) in [7, 11) is 1.55. The number of nitrogens with one attached hydrogen (secondary N) is 1. The van der Waals surface area contributed by atoms with Gasteiger partial charge in [0.15, 0.2) is 0 Å². The number of carbonyl (C=O) groups excluding carboxylic acids is 1. The Balaban J connectivity index is 1.68. The molecule has 2 atom stereocenters. The van der Waals surface area contributed by atoms with Crippen LogP contribution in [0.15, 0.2) is 42.5 Å². The second kappa shape index (κ2) is 6.60. The first-order valence-electron chi connectivity index (χ1n) is 7.47.